The summed E-state index contributed by atoms with van der Waals surface area (Å²) < 4.78 is 34.5. The molecule has 1 amide bonds. The number of hydrogen-bond donors (Lipinski definition) is 12. The molecule has 616 valence electrons. The highest BCUT2D eigenvalue weighted by Gasteiger charge is 2.54. The van der Waals surface area contributed by atoms with Crippen LogP contribution in [0.5, 0.6) is 0 Å². The molecule has 3 rings (SSSR count). The van der Waals surface area contributed by atoms with Gasteiger partial charge in [0.2, 0.25) is 5.91 Å². The van der Waals surface area contributed by atoms with E-state index in [1.54, 1.807) is 6.08 Å². The molecule has 0 aromatic carbocycles. The standard InChI is InChI=1S/C85H163NO18/c1-3-5-7-9-11-13-15-17-19-21-23-24-25-26-27-28-29-30-31-32-33-34-35-36-37-38-39-40-41-42-43-45-47-49-51-53-55-57-59-61-63-73(91)86-68(69(90)62-60-58-56-54-52-50-48-46-44-22-20-18-16-14-12-10-8-6-4-2)67-99-83-79(97)76(94)81(71(65-88)101-83)104-85-80(98)77(95)82(72(66-89)102-85)103-84-78(96)75(93)74(92)70(64-87)100-84/h60,62,68-72,74-85,87-90,92-98H,3-59,61,63-67H2,1-2H3,(H,86,91)/b62-60+. The molecule has 104 heavy (non-hydrogen) atoms. The lowest BCUT2D eigenvalue weighted by molar-refractivity contribution is -0.379. The van der Waals surface area contributed by atoms with Gasteiger partial charge in [-0.05, 0) is 19.3 Å². The molecule has 19 heteroatoms. The molecule has 17 atom stereocenters. The Morgan fingerprint density at radius 2 is 0.596 bits per heavy atom. The zero-order valence-electron chi connectivity index (χ0n) is 66.3. The van der Waals surface area contributed by atoms with E-state index >= 15 is 0 Å². The van der Waals surface area contributed by atoms with Crippen LogP contribution in [0.3, 0.4) is 0 Å². The zero-order chi connectivity index (χ0) is 75.3. The number of aliphatic hydroxyl groups is 11. The van der Waals surface area contributed by atoms with Gasteiger partial charge in [0.15, 0.2) is 18.9 Å². The third-order valence-electron chi connectivity index (χ3n) is 22.3. The van der Waals surface area contributed by atoms with Crippen LogP contribution in [0.15, 0.2) is 12.2 Å². The lowest BCUT2D eigenvalue weighted by Crippen LogP contribution is -2.66. The number of nitrogens with one attached hydrogen (secondary N) is 1. The minimum atomic E-state index is -1.98. The lowest BCUT2D eigenvalue weighted by atomic mass is 9.96. The average Bonchev–Trinajstić information content (AvgIpc) is 0.783. The predicted octanol–water partition coefficient (Wildman–Crippen LogP) is 15.9. The maximum absolute atomic E-state index is 13.5. The summed E-state index contributed by atoms with van der Waals surface area (Å²) in [6.45, 7) is 1.80. The van der Waals surface area contributed by atoms with Crippen molar-refractivity contribution < 1.29 is 89.4 Å². The first-order chi connectivity index (χ1) is 50.8. The number of carbonyl (C=O) groups is 1. The Kier molecular flexibility index (Phi) is 61.5. The minimum Gasteiger partial charge on any atom is -0.394 e. The van der Waals surface area contributed by atoms with Crippen molar-refractivity contribution >= 4 is 5.91 Å². The fourth-order valence-electron chi connectivity index (χ4n) is 15.3. The summed E-state index contributed by atoms with van der Waals surface area (Å²) in [6.07, 6.45) is 53.8. The molecule has 17 unspecified atom stereocenters. The predicted molar refractivity (Wildman–Crippen MR) is 416 cm³/mol. The van der Waals surface area contributed by atoms with Crippen molar-refractivity contribution in [2.45, 2.75) is 497 Å². The van der Waals surface area contributed by atoms with E-state index in [0.717, 1.165) is 44.9 Å². The van der Waals surface area contributed by atoms with Gasteiger partial charge in [0.25, 0.3) is 0 Å². The molecule has 3 aliphatic heterocycles. The van der Waals surface area contributed by atoms with Gasteiger partial charge in [0, 0.05) is 6.42 Å². The van der Waals surface area contributed by atoms with Crippen LogP contribution in [0.1, 0.15) is 393 Å². The smallest absolute Gasteiger partial charge is 0.220 e. The van der Waals surface area contributed by atoms with Crippen LogP contribution in [0.25, 0.3) is 0 Å². The first-order valence-electron chi connectivity index (χ1n) is 43.9. The van der Waals surface area contributed by atoms with Crippen LogP contribution >= 0.6 is 0 Å². The highest BCUT2D eigenvalue weighted by Crippen LogP contribution is 2.34. The number of allylic oxidation sites excluding steroid dienone is 1. The second-order valence-corrected chi connectivity index (χ2v) is 31.7. The molecule has 0 aliphatic carbocycles. The Morgan fingerprint density at radius 3 is 0.904 bits per heavy atom. The molecular weight excluding hydrogens is 1320 g/mol. The molecule has 0 bridgehead atoms. The van der Waals surface area contributed by atoms with E-state index in [4.69, 9.17) is 28.4 Å². The average molecular weight is 1490 g/mol. The van der Waals surface area contributed by atoms with Gasteiger partial charge < -0.3 is 89.9 Å². The fraction of sp³-hybridized carbons (Fsp3) is 0.965. The van der Waals surface area contributed by atoms with Crippen molar-refractivity contribution in [1.29, 1.82) is 0 Å². The van der Waals surface area contributed by atoms with Gasteiger partial charge in [-0.15, -0.1) is 0 Å². The van der Waals surface area contributed by atoms with E-state index in [2.05, 4.69) is 19.2 Å². The highest BCUT2D eigenvalue weighted by molar-refractivity contribution is 5.76. The summed E-state index contributed by atoms with van der Waals surface area (Å²) in [5.41, 5.74) is 0. The first-order valence-corrected chi connectivity index (χ1v) is 43.9. The van der Waals surface area contributed by atoms with E-state index in [-0.39, 0.29) is 18.9 Å². The highest BCUT2D eigenvalue weighted by atomic mass is 16.8. The van der Waals surface area contributed by atoms with Gasteiger partial charge in [-0.25, -0.2) is 0 Å². The monoisotopic (exact) mass is 1490 g/mol. The Labute approximate surface area is 633 Å². The second kappa shape index (κ2) is 66.2. The van der Waals surface area contributed by atoms with Crippen LogP contribution in [-0.2, 0) is 33.2 Å². The van der Waals surface area contributed by atoms with Crippen LogP contribution in [-0.4, -0.2) is 193 Å². The molecule has 3 fully saturated rings. The van der Waals surface area contributed by atoms with E-state index in [1.807, 2.05) is 6.08 Å². The van der Waals surface area contributed by atoms with Gasteiger partial charge in [0.1, 0.15) is 73.2 Å². The van der Waals surface area contributed by atoms with Crippen molar-refractivity contribution in [2.24, 2.45) is 0 Å². The molecule has 0 aromatic rings. The molecule has 12 N–H and O–H groups in total. The fourth-order valence-corrected chi connectivity index (χ4v) is 15.3. The summed E-state index contributed by atoms with van der Waals surface area (Å²) in [4.78, 5) is 13.5. The number of unbranched alkanes of at least 4 members (excludes halogenated alkanes) is 56. The normalized spacial score (nSPS) is 25.9. The first kappa shape index (κ1) is 96.7. The van der Waals surface area contributed by atoms with Crippen LogP contribution in [0.2, 0.25) is 0 Å². The van der Waals surface area contributed by atoms with Gasteiger partial charge >= 0.3 is 0 Å². The van der Waals surface area contributed by atoms with E-state index in [1.165, 1.54) is 321 Å². The van der Waals surface area contributed by atoms with Crippen LogP contribution in [0, 0.1) is 0 Å². The minimum absolute atomic E-state index is 0.250. The molecule has 0 spiro atoms. The van der Waals surface area contributed by atoms with Crippen molar-refractivity contribution in [2.75, 3.05) is 26.4 Å². The SMILES string of the molecule is CCCCCCCCCCCCCCCCCCC/C=C/C(O)C(COC1OC(CO)C(OC2OC(CO)C(OC3OC(CO)C(O)C(O)C3O)C(O)C2O)C(O)C1O)NC(=O)CCCCCCCCCCCCCCCCCCCCCCCCCCCCCCCCCCCCCCCCCC. The maximum Gasteiger partial charge on any atom is 0.220 e. The van der Waals surface area contributed by atoms with E-state index in [0.29, 0.717) is 6.42 Å². The second-order valence-electron chi connectivity index (χ2n) is 31.7. The molecule has 3 heterocycles. The van der Waals surface area contributed by atoms with E-state index < -0.39 is 124 Å². The third kappa shape index (κ3) is 45.1. The molecule has 3 aliphatic rings. The molecule has 0 saturated carbocycles. The summed E-state index contributed by atoms with van der Waals surface area (Å²) in [7, 11) is 0. The third-order valence-corrected chi connectivity index (χ3v) is 22.3. The Morgan fingerprint density at radius 1 is 0.337 bits per heavy atom. The van der Waals surface area contributed by atoms with Gasteiger partial charge in [-0.2, -0.15) is 0 Å². The lowest BCUT2D eigenvalue weighted by Gasteiger charge is -2.48. The van der Waals surface area contributed by atoms with Crippen LogP contribution < -0.4 is 5.32 Å². The number of hydrogen-bond acceptors (Lipinski definition) is 18. The zero-order valence-corrected chi connectivity index (χ0v) is 66.3. The number of aliphatic hydroxyl groups excluding tert-OH is 11. The topological polar surface area (TPSA) is 307 Å². The Balaban J connectivity index is 1.28. The van der Waals surface area contributed by atoms with Gasteiger partial charge in [0.05, 0.1) is 38.6 Å². The molecule has 0 radical (unpaired) electrons. The molecule has 0 aromatic heterocycles. The molecular formula is C85H163NO18. The molecule has 3 saturated heterocycles. The summed E-state index contributed by atoms with van der Waals surface area (Å²) in [6, 6.07) is -0.970. The number of rotatable bonds is 72. The van der Waals surface area contributed by atoms with Crippen molar-refractivity contribution in [3.63, 3.8) is 0 Å². The quantitative estimate of drug-likeness (QED) is 0.0199. The number of amides is 1. The largest absolute Gasteiger partial charge is 0.394 e. The summed E-state index contributed by atoms with van der Waals surface area (Å²) >= 11 is 0. The number of carbonyl (C=O) groups excluding carboxylic acids is 1. The maximum atomic E-state index is 13.5. The van der Waals surface area contributed by atoms with Crippen molar-refractivity contribution in [3.05, 3.63) is 12.2 Å². The number of ether oxygens (including phenoxy) is 6. The van der Waals surface area contributed by atoms with E-state index in [9.17, 15) is 61.0 Å². The Hall–Kier alpha value is -1.47. The Bertz CT molecular complexity index is 1920. The summed E-state index contributed by atoms with van der Waals surface area (Å²) in [5, 5.41) is 121. The van der Waals surface area contributed by atoms with Crippen LogP contribution in [0.4, 0.5) is 0 Å². The van der Waals surface area contributed by atoms with Gasteiger partial charge in [-0.1, -0.05) is 379 Å². The van der Waals surface area contributed by atoms with Gasteiger partial charge in [-0.3, -0.25) is 4.79 Å². The molecule has 19 nitrogen and oxygen atoms in total. The van der Waals surface area contributed by atoms with Crippen molar-refractivity contribution in [1.82, 2.24) is 5.32 Å². The van der Waals surface area contributed by atoms with Crippen molar-refractivity contribution in [3.8, 4) is 0 Å². The summed E-state index contributed by atoms with van der Waals surface area (Å²) in [5.74, 6) is -0.266.